The van der Waals surface area contributed by atoms with Gasteiger partial charge in [0.25, 0.3) is 5.69 Å². The number of nitro benzene ring substituents is 1. The summed E-state index contributed by atoms with van der Waals surface area (Å²) in [5.41, 5.74) is -0.390. The predicted octanol–water partition coefficient (Wildman–Crippen LogP) is 1.14. The molecule has 1 aromatic carbocycles. The lowest BCUT2D eigenvalue weighted by Crippen LogP contribution is -2.50. The summed E-state index contributed by atoms with van der Waals surface area (Å²) in [7, 11) is -3.84. The normalized spacial score (nSPS) is 22.9. The van der Waals surface area contributed by atoms with Crippen LogP contribution in [0.25, 0.3) is 0 Å². The van der Waals surface area contributed by atoms with Gasteiger partial charge in [0, 0.05) is 18.7 Å². The van der Waals surface area contributed by atoms with Gasteiger partial charge >= 0.3 is 0 Å². The molecule has 1 N–H and O–H groups in total. The third kappa shape index (κ3) is 3.22. The molecule has 7 nitrogen and oxygen atoms in total. The topological polar surface area (TPSA) is 98.5 Å². The largest absolute Gasteiger partial charge is 0.380 e. The van der Waals surface area contributed by atoms with Crippen LogP contribution in [0.4, 0.5) is 5.69 Å². The van der Waals surface area contributed by atoms with Gasteiger partial charge in [-0.2, -0.15) is 0 Å². The van der Waals surface area contributed by atoms with E-state index in [1.165, 1.54) is 24.3 Å². The molecule has 2 unspecified atom stereocenters. The van der Waals surface area contributed by atoms with Crippen molar-refractivity contribution in [1.29, 1.82) is 0 Å². The number of nitro groups is 1. The van der Waals surface area contributed by atoms with Crippen LogP contribution in [0, 0.1) is 10.1 Å². The first-order chi connectivity index (χ1) is 9.98. The van der Waals surface area contributed by atoms with Gasteiger partial charge in [0.15, 0.2) is 9.84 Å². The molecule has 0 aromatic heterocycles. The Morgan fingerprint density at radius 1 is 1.43 bits per heavy atom. The van der Waals surface area contributed by atoms with Crippen molar-refractivity contribution in [2.45, 2.75) is 29.5 Å². The number of nitrogens with zero attached hydrogens (tertiary/aromatic N) is 1. The maximum absolute atomic E-state index is 12.8. The summed E-state index contributed by atoms with van der Waals surface area (Å²) in [5, 5.41) is 13.4. The fraction of sp³-hybridized carbons (Fsp3) is 0.538. The molecule has 8 heteroatoms. The summed E-state index contributed by atoms with van der Waals surface area (Å²) in [6.45, 7) is 3.06. The highest BCUT2D eigenvalue weighted by Crippen LogP contribution is 2.29. The Labute approximate surface area is 123 Å². The van der Waals surface area contributed by atoms with Gasteiger partial charge in [0.2, 0.25) is 0 Å². The monoisotopic (exact) mass is 314 g/mol. The molecule has 1 aliphatic rings. The van der Waals surface area contributed by atoms with Crippen LogP contribution in [0.5, 0.6) is 0 Å². The molecule has 0 spiro atoms. The molecule has 0 radical (unpaired) electrons. The number of ether oxygens (including phenoxy) is 1. The van der Waals surface area contributed by atoms with Gasteiger partial charge in [-0.05, 0) is 19.0 Å². The van der Waals surface area contributed by atoms with Gasteiger partial charge in [0.1, 0.15) is 10.1 Å². The van der Waals surface area contributed by atoms with Gasteiger partial charge in [-0.15, -0.1) is 0 Å². The number of para-hydroxylation sites is 1. The van der Waals surface area contributed by atoms with E-state index in [2.05, 4.69) is 5.32 Å². The Bertz CT molecular complexity index is 615. The minimum absolute atomic E-state index is 0.0477. The van der Waals surface area contributed by atoms with Crippen molar-refractivity contribution in [3.8, 4) is 0 Å². The second kappa shape index (κ2) is 6.50. The van der Waals surface area contributed by atoms with E-state index in [1.807, 2.05) is 6.92 Å². The Morgan fingerprint density at radius 3 is 2.81 bits per heavy atom. The van der Waals surface area contributed by atoms with Crippen molar-refractivity contribution in [3.05, 3.63) is 34.4 Å². The second-order valence-corrected chi connectivity index (χ2v) is 6.97. The Balaban J connectivity index is 2.43. The van der Waals surface area contributed by atoms with E-state index in [4.69, 9.17) is 4.74 Å². The Hall–Kier alpha value is -1.51. The van der Waals surface area contributed by atoms with Crippen molar-refractivity contribution in [2.75, 3.05) is 19.8 Å². The number of hydrogen-bond acceptors (Lipinski definition) is 6. The minimum atomic E-state index is -3.84. The van der Waals surface area contributed by atoms with Crippen molar-refractivity contribution in [1.82, 2.24) is 5.32 Å². The molecule has 2 atom stereocenters. The fourth-order valence-electron chi connectivity index (χ4n) is 2.53. The molecule has 0 saturated carbocycles. The van der Waals surface area contributed by atoms with E-state index in [1.54, 1.807) is 0 Å². The molecule has 1 saturated heterocycles. The van der Waals surface area contributed by atoms with E-state index in [0.29, 0.717) is 19.6 Å². The molecule has 2 rings (SSSR count). The highest BCUT2D eigenvalue weighted by molar-refractivity contribution is 7.92. The quantitative estimate of drug-likeness (QED) is 0.646. The summed E-state index contributed by atoms with van der Waals surface area (Å²) in [4.78, 5) is 10.1. The van der Waals surface area contributed by atoms with Crippen LogP contribution >= 0.6 is 0 Å². The third-order valence-corrected chi connectivity index (χ3v) is 5.76. The molecule has 1 aromatic rings. The molecule has 0 bridgehead atoms. The molecule has 21 heavy (non-hydrogen) atoms. The molecular formula is C13H18N2O5S. The average Bonchev–Trinajstić information content (AvgIpc) is 2.48. The lowest BCUT2D eigenvalue weighted by Gasteiger charge is -2.31. The lowest BCUT2D eigenvalue weighted by molar-refractivity contribution is -0.387. The molecule has 1 fully saturated rings. The standard InChI is InChI=1S/C13H18N2O5S/c1-2-14-10-7-8-20-9-13(10)21(18,19)12-6-4-3-5-11(12)15(16)17/h3-6,10,13-14H,2,7-9H2,1H3. The fourth-order valence-corrected chi connectivity index (χ4v) is 4.49. The number of hydrogen-bond donors (Lipinski definition) is 1. The van der Waals surface area contributed by atoms with Gasteiger partial charge in [-0.25, -0.2) is 8.42 Å². The first-order valence-electron chi connectivity index (χ1n) is 6.77. The van der Waals surface area contributed by atoms with Crippen molar-refractivity contribution in [3.63, 3.8) is 0 Å². The molecule has 116 valence electrons. The first kappa shape index (κ1) is 15.9. The van der Waals surface area contributed by atoms with Crippen molar-refractivity contribution in [2.24, 2.45) is 0 Å². The van der Waals surface area contributed by atoms with Crippen LogP contribution in [-0.2, 0) is 14.6 Å². The zero-order valence-electron chi connectivity index (χ0n) is 11.7. The van der Waals surface area contributed by atoms with Crippen LogP contribution < -0.4 is 5.32 Å². The summed E-state index contributed by atoms with van der Waals surface area (Å²) < 4.78 is 30.8. The highest BCUT2D eigenvalue weighted by Gasteiger charge is 2.40. The summed E-state index contributed by atoms with van der Waals surface area (Å²) in [6, 6.07) is 5.18. The number of nitrogens with one attached hydrogen (secondary N) is 1. The van der Waals surface area contributed by atoms with Gasteiger partial charge < -0.3 is 10.1 Å². The van der Waals surface area contributed by atoms with Crippen LogP contribution in [0.15, 0.2) is 29.2 Å². The average molecular weight is 314 g/mol. The minimum Gasteiger partial charge on any atom is -0.380 e. The maximum atomic E-state index is 12.8. The predicted molar refractivity (Wildman–Crippen MR) is 77.0 cm³/mol. The molecular weight excluding hydrogens is 296 g/mol. The third-order valence-electron chi connectivity index (χ3n) is 3.54. The van der Waals surface area contributed by atoms with E-state index < -0.39 is 25.7 Å². The number of sulfone groups is 1. The Kier molecular flexibility index (Phi) is 4.92. The highest BCUT2D eigenvalue weighted by atomic mass is 32.2. The second-order valence-electron chi connectivity index (χ2n) is 4.84. The molecule has 0 aliphatic carbocycles. The molecule has 1 aliphatic heterocycles. The summed E-state index contributed by atoms with van der Waals surface area (Å²) in [6.07, 6.45) is 0.568. The smallest absolute Gasteiger partial charge is 0.287 e. The van der Waals surface area contributed by atoms with Gasteiger partial charge in [-0.3, -0.25) is 10.1 Å². The lowest BCUT2D eigenvalue weighted by atomic mass is 10.1. The zero-order valence-corrected chi connectivity index (χ0v) is 12.5. The Morgan fingerprint density at radius 2 is 2.14 bits per heavy atom. The van der Waals surface area contributed by atoms with Crippen LogP contribution in [0.3, 0.4) is 0 Å². The maximum Gasteiger partial charge on any atom is 0.287 e. The SMILES string of the molecule is CCNC1CCOCC1S(=O)(=O)c1ccccc1[N+](=O)[O-]. The van der Waals surface area contributed by atoms with Gasteiger partial charge in [0.05, 0.1) is 11.5 Å². The van der Waals surface area contributed by atoms with Crippen molar-refractivity contribution < 1.29 is 18.1 Å². The molecule has 0 amide bonds. The summed E-state index contributed by atoms with van der Waals surface area (Å²) in [5.74, 6) is 0. The van der Waals surface area contributed by atoms with Crippen LogP contribution in [-0.4, -0.2) is 44.4 Å². The van der Waals surface area contributed by atoms with E-state index >= 15 is 0 Å². The zero-order chi connectivity index (χ0) is 15.5. The van der Waals surface area contributed by atoms with Gasteiger partial charge in [-0.1, -0.05) is 19.1 Å². The van der Waals surface area contributed by atoms with E-state index in [-0.39, 0.29) is 17.5 Å². The van der Waals surface area contributed by atoms with E-state index in [9.17, 15) is 18.5 Å². The number of rotatable bonds is 5. The number of benzene rings is 1. The van der Waals surface area contributed by atoms with Crippen LogP contribution in [0.1, 0.15) is 13.3 Å². The first-order valence-corrected chi connectivity index (χ1v) is 8.31. The summed E-state index contributed by atoms with van der Waals surface area (Å²) >= 11 is 0. The van der Waals surface area contributed by atoms with E-state index in [0.717, 1.165) is 0 Å². The molecule has 1 heterocycles. The van der Waals surface area contributed by atoms with Crippen molar-refractivity contribution >= 4 is 15.5 Å². The van der Waals surface area contributed by atoms with Crippen LogP contribution in [0.2, 0.25) is 0 Å².